The number of fused-ring (bicyclic) bond motifs is 3. The molecule has 1 aliphatic carbocycles. The molecule has 0 bridgehead atoms. The highest BCUT2D eigenvalue weighted by atomic mass is 16.2. The molecular formula is C24H27N5O2. The Morgan fingerprint density at radius 3 is 2.55 bits per heavy atom. The number of carbonyl (C=O) groups excluding carboxylic acids is 2. The molecule has 0 spiro atoms. The van der Waals surface area contributed by atoms with Gasteiger partial charge in [0, 0.05) is 25.6 Å². The van der Waals surface area contributed by atoms with Crippen molar-refractivity contribution in [1.82, 2.24) is 20.2 Å². The van der Waals surface area contributed by atoms with Gasteiger partial charge in [0.05, 0.1) is 11.0 Å². The van der Waals surface area contributed by atoms with E-state index in [4.69, 9.17) is 0 Å². The molecule has 1 fully saturated rings. The molecule has 2 aliphatic rings. The fourth-order valence-corrected chi connectivity index (χ4v) is 4.64. The lowest BCUT2D eigenvalue weighted by Crippen LogP contribution is -2.53. The summed E-state index contributed by atoms with van der Waals surface area (Å²) >= 11 is 0. The summed E-state index contributed by atoms with van der Waals surface area (Å²) in [6.07, 6.45) is 4.76. The van der Waals surface area contributed by atoms with Crippen LogP contribution in [0.5, 0.6) is 0 Å². The predicted octanol–water partition coefficient (Wildman–Crippen LogP) is 3.24. The zero-order chi connectivity index (χ0) is 21.2. The number of anilines is 1. The Bertz CT molecular complexity index is 1090. The van der Waals surface area contributed by atoms with Crippen molar-refractivity contribution in [3.8, 4) is 0 Å². The van der Waals surface area contributed by atoms with Crippen molar-refractivity contribution in [2.75, 3.05) is 11.4 Å². The van der Waals surface area contributed by atoms with Crippen molar-refractivity contribution >= 4 is 28.9 Å². The number of hydrogen-bond donors (Lipinski definition) is 2. The molecule has 7 nitrogen and oxygen atoms in total. The van der Waals surface area contributed by atoms with E-state index in [9.17, 15) is 9.59 Å². The first-order valence-electron chi connectivity index (χ1n) is 11.1. The largest absolute Gasteiger partial charge is 0.352 e. The Labute approximate surface area is 181 Å². The van der Waals surface area contributed by atoms with Crippen LogP contribution in [0.25, 0.3) is 11.0 Å². The van der Waals surface area contributed by atoms with E-state index in [-0.39, 0.29) is 18.0 Å². The van der Waals surface area contributed by atoms with Gasteiger partial charge in [0.1, 0.15) is 6.04 Å². The van der Waals surface area contributed by atoms with Gasteiger partial charge in [-0.1, -0.05) is 55.3 Å². The zero-order valence-electron chi connectivity index (χ0n) is 17.5. The van der Waals surface area contributed by atoms with Crippen LogP contribution >= 0.6 is 0 Å². The van der Waals surface area contributed by atoms with E-state index in [1.54, 1.807) is 4.90 Å². The third-order valence-corrected chi connectivity index (χ3v) is 6.27. The van der Waals surface area contributed by atoms with E-state index in [0.29, 0.717) is 25.5 Å². The highest BCUT2D eigenvalue weighted by molar-refractivity contribution is 5.96. The topological polar surface area (TPSA) is 79.3 Å². The van der Waals surface area contributed by atoms with Crippen molar-refractivity contribution in [1.29, 1.82) is 0 Å². The average Bonchev–Trinajstić information content (AvgIpc) is 3.51. The molecule has 160 valence electrons. The summed E-state index contributed by atoms with van der Waals surface area (Å²) in [7, 11) is 0. The van der Waals surface area contributed by atoms with Gasteiger partial charge in [0.15, 0.2) is 0 Å². The highest BCUT2D eigenvalue weighted by Gasteiger charge is 2.32. The number of rotatable bonds is 5. The molecule has 1 atom stereocenters. The quantitative estimate of drug-likeness (QED) is 0.669. The highest BCUT2D eigenvalue weighted by Crippen LogP contribution is 2.27. The zero-order valence-corrected chi connectivity index (χ0v) is 17.5. The number of benzene rings is 2. The summed E-state index contributed by atoms with van der Waals surface area (Å²) in [4.78, 5) is 32.6. The van der Waals surface area contributed by atoms with Crippen molar-refractivity contribution in [3.63, 3.8) is 0 Å². The fourth-order valence-electron chi connectivity index (χ4n) is 4.64. The SMILES string of the molecule is O=C(NC1CCCC1)[C@H](Cc1ccccc1)NC(=O)N1CCn2c1nc1ccccc12. The minimum Gasteiger partial charge on any atom is -0.352 e. The summed E-state index contributed by atoms with van der Waals surface area (Å²) < 4.78 is 2.06. The Hall–Kier alpha value is -3.35. The first-order chi connectivity index (χ1) is 15.2. The molecular weight excluding hydrogens is 390 g/mol. The van der Waals surface area contributed by atoms with Crippen molar-refractivity contribution in [2.45, 2.75) is 50.7 Å². The van der Waals surface area contributed by atoms with E-state index in [0.717, 1.165) is 42.3 Å². The molecule has 0 unspecified atom stereocenters. The van der Waals surface area contributed by atoms with Crippen LogP contribution in [0, 0.1) is 0 Å². The summed E-state index contributed by atoms with van der Waals surface area (Å²) in [6.45, 7) is 1.24. The molecule has 3 amide bonds. The average molecular weight is 418 g/mol. The van der Waals surface area contributed by atoms with E-state index in [2.05, 4.69) is 20.2 Å². The van der Waals surface area contributed by atoms with Gasteiger partial charge in [-0.3, -0.25) is 9.69 Å². The van der Waals surface area contributed by atoms with E-state index < -0.39 is 6.04 Å². The second kappa shape index (κ2) is 8.41. The standard InChI is InChI=1S/C24H27N5O2/c30-22(25-18-10-4-5-11-18)20(16-17-8-2-1-3-9-17)27-24(31)29-15-14-28-21-13-7-6-12-19(21)26-23(28)29/h1-3,6-9,12-13,18,20H,4-5,10-11,14-16H2,(H,25,30)(H,27,31)/t20-/m0/s1. The number of amides is 3. The number of urea groups is 1. The Balaban J connectivity index is 1.35. The summed E-state index contributed by atoms with van der Waals surface area (Å²) in [5.41, 5.74) is 2.91. The molecule has 2 aromatic carbocycles. The van der Waals surface area contributed by atoms with E-state index >= 15 is 0 Å². The summed E-state index contributed by atoms with van der Waals surface area (Å²) in [6, 6.07) is 17.0. The van der Waals surface area contributed by atoms with Crippen LogP contribution in [0.2, 0.25) is 0 Å². The van der Waals surface area contributed by atoms with Gasteiger partial charge in [-0.05, 0) is 30.5 Å². The monoisotopic (exact) mass is 417 g/mol. The molecule has 2 N–H and O–H groups in total. The fraction of sp³-hybridized carbons (Fsp3) is 0.375. The van der Waals surface area contributed by atoms with Crippen LogP contribution in [0.15, 0.2) is 54.6 Å². The summed E-state index contributed by atoms with van der Waals surface area (Å²) in [5.74, 6) is 0.519. The van der Waals surface area contributed by atoms with Gasteiger partial charge in [0.2, 0.25) is 11.9 Å². The second-order valence-corrected chi connectivity index (χ2v) is 8.39. The Morgan fingerprint density at radius 1 is 1.00 bits per heavy atom. The Morgan fingerprint density at radius 2 is 1.74 bits per heavy atom. The lowest BCUT2D eigenvalue weighted by molar-refractivity contribution is -0.123. The number of aromatic nitrogens is 2. The van der Waals surface area contributed by atoms with Crippen LogP contribution in [-0.2, 0) is 17.8 Å². The first kappa shape index (κ1) is 19.6. The van der Waals surface area contributed by atoms with Crippen LogP contribution in [0.3, 0.4) is 0 Å². The van der Waals surface area contributed by atoms with E-state index in [1.165, 1.54) is 0 Å². The van der Waals surface area contributed by atoms with Gasteiger partial charge in [-0.25, -0.2) is 9.78 Å². The van der Waals surface area contributed by atoms with Crippen LogP contribution < -0.4 is 15.5 Å². The maximum absolute atomic E-state index is 13.2. The van der Waals surface area contributed by atoms with Crippen molar-refractivity contribution in [2.24, 2.45) is 0 Å². The normalized spacial score (nSPS) is 17.0. The van der Waals surface area contributed by atoms with Gasteiger partial charge in [0.25, 0.3) is 0 Å². The third-order valence-electron chi connectivity index (χ3n) is 6.27. The molecule has 2 heterocycles. The number of para-hydroxylation sites is 2. The van der Waals surface area contributed by atoms with Crippen LogP contribution in [0.4, 0.5) is 10.7 Å². The number of carbonyl (C=O) groups is 2. The minimum atomic E-state index is -0.631. The van der Waals surface area contributed by atoms with Crippen LogP contribution in [-0.4, -0.2) is 40.1 Å². The molecule has 5 rings (SSSR count). The van der Waals surface area contributed by atoms with Crippen LogP contribution in [0.1, 0.15) is 31.2 Å². The van der Waals surface area contributed by atoms with Crippen molar-refractivity contribution in [3.05, 3.63) is 60.2 Å². The van der Waals surface area contributed by atoms with Gasteiger partial charge in [-0.2, -0.15) is 0 Å². The second-order valence-electron chi connectivity index (χ2n) is 8.39. The first-order valence-corrected chi connectivity index (χ1v) is 11.1. The van der Waals surface area contributed by atoms with E-state index in [1.807, 2.05) is 54.6 Å². The number of nitrogens with one attached hydrogen (secondary N) is 2. The summed E-state index contributed by atoms with van der Waals surface area (Å²) in [5, 5.41) is 6.13. The predicted molar refractivity (Wildman–Crippen MR) is 120 cm³/mol. The lowest BCUT2D eigenvalue weighted by Gasteiger charge is -2.23. The van der Waals surface area contributed by atoms with Crippen molar-refractivity contribution < 1.29 is 9.59 Å². The molecule has 0 radical (unpaired) electrons. The molecule has 7 heteroatoms. The lowest BCUT2D eigenvalue weighted by atomic mass is 10.0. The molecule has 0 saturated heterocycles. The minimum absolute atomic E-state index is 0.114. The molecule has 3 aromatic rings. The maximum atomic E-state index is 13.2. The number of nitrogens with zero attached hydrogens (tertiary/aromatic N) is 3. The molecule has 31 heavy (non-hydrogen) atoms. The van der Waals surface area contributed by atoms with Gasteiger partial charge in [-0.15, -0.1) is 0 Å². The molecule has 1 aliphatic heterocycles. The maximum Gasteiger partial charge on any atom is 0.324 e. The molecule has 1 aromatic heterocycles. The number of hydrogen-bond acceptors (Lipinski definition) is 3. The smallest absolute Gasteiger partial charge is 0.324 e. The molecule has 1 saturated carbocycles. The van der Waals surface area contributed by atoms with Gasteiger partial charge < -0.3 is 15.2 Å². The number of imidazole rings is 1. The Kier molecular flexibility index (Phi) is 5.32. The van der Waals surface area contributed by atoms with Gasteiger partial charge >= 0.3 is 6.03 Å². The third kappa shape index (κ3) is 4.00.